The standard InChI is InChI=1S/C19H11ClI3NO4S/c1-28-16-14(22)10(6-11(21)15(16)23)18(25)24-12-7-29-17(13(12)19(26)27)8-2-4-9(20)5-3-8/h2-7H,1H3,(H,24,25)(H,26,27). The predicted octanol–water partition coefficient (Wildman–Crippen LogP) is 6.84. The van der Waals surface area contributed by atoms with E-state index in [1.165, 1.54) is 11.3 Å². The first-order valence-electron chi connectivity index (χ1n) is 7.88. The van der Waals surface area contributed by atoms with Crippen molar-refractivity contribution in [1.29, 1.82) is 0 Å². The van der Waals surface area contributed by atoms with Crippen LogP contribution in [0.25, 0.3) is 10.4 Å². The van der Waals surface area contributed by atoms with Gasteiger partial charge in [0.25, 0.3) is 5.91 Å². The van der Waals surface area contributed by atoms with Gasteiger partial charge in [-0.1, -0.05) is 23.7 Å². The van der Waals surface area contributed by atoms with Crippen molar-refractivity contribution in [3.8, 4) is 16.2 Å². The molecule has 0 fully saturated rings. The van der Waals surface area contributed by atoms with E-state index in [-0.39, 0.29) is 11.3 Å². The second-order valence-corrected chi connectivity index (χ2v) is 10.3. The number of nitrogens with one attached hydrogen (secondary N) is 1. The first kappa shape index (κ1) is 23.0. The molecule has 0 saturated carbocycles. The van der Waals surface area contributed by atoms with Gasteiger partial charge in [-0.15, -0.1) is 11.3 Å². The summed E-state index contributed by atoms with van der Waals surface area (Å²) in [7, 11) is 1.55. The van der Waals surface area contributed by atoms with Crippen molar-refractivity contribution in [3.63, 3.8) is 0 Å². The van der Waals surface area contributed by atoms with Crippen LogP contribution in [0.15, 0.2) is 35.7 Å². The van der Waals surface area contributed by atoms with E-state index in [1.807, 2.05) is 0 Å². The number of thiophene rings is 1. The first-order chi connectivity index (χ1) is 13.7. The van der Waals surface area contributed by atoms with Gasteiger partial charge < -0.3 is 15.2 Å². The third-order valence-corrected chi connectivity index (χ3v) is 9.23. The molecule has 1 amide bonds. The largest absolute Gasteiger partial charge is 0.494 e. The van der Waals surface area contributed by atoms with Crippen LogP contribution in [0.1, 0.15) is 20.7 Å². The molecule has 10 heteroatoms. The van der Waals surface area contributed by atoms with Gasteiger partial charge in [0.05, 0.1) is 30.4 Å². The SMILES string of the molecule is COc1c(I)c(I)cc(C(=O)Nc2csc(-c3ccc(Cl)cc3)c2C(=O)O)c1I. The third-order valence-electron chi connectivity index (χ3n) is 3.92. The number of ether oxygens (including phenoxy) is 1. The summed E-state index contributed by atoms with van der Waals surface area (Å²) in [6, 6.07) is 8.66. The second-order valence-electron chi connectivity index (χ2n) is 5.69. The highest BCUT2D eigenvalue weighted by molar-refractivity contribution is 14.1. The Morgan fingerprint density at radius 1 is 1.14 bits per heavy atom. The third kappa shape index (κ3) is 4.83. The van der Waals surface area contributed by atoms with Crippen molar-refractivity contribution in [2.24, 2.45) is 0 Å². The average Bonchev–Trinajstić information content (AvgIpc) is 3.09. The van der Waals surface area contributed by atoms with Crippen LogP contribution in [0.5, 0.6) is 5.75 Å². The van der Waals surface area contributed by atoms with Crippen molar-refractivity contribution >= 4 is 108 Å². The molecule has 5 nitrogen and oxygen atoms in total. The summed E-state index contributed by atoms with van der Waals surface area (Å²) in [4.78, 5) is 25.4. The highest BCUT2D eigenvalue weighted by atomic mass is 127. The van der Waals surface area contributed by atoms with E-state index in [1.54, 1.807) is 42.8 Å². The van der Waals surface area contributed by atoms with Crippen LogP contribution in [-0.4, -0.2) is 24.1 Å². The fourth-order valence-electron chi connectivity index (χ4n) is 2.59. The highest BCUT2D eigenvalue weighted by Crippen LogP contribution is 2.38. The van der Waals surface area contributed by atoms with E-state index < -0.39 is 11.9 Å². The van der Waals surface area contributed by atoms with Gasteiger partial charge in [0.15, 0.2) is 0 Å². The van der Waals surface area contributed by atoms with E-state index in [0.29, 0.717) is 24.8 Å². The first-order valence-corrected chi connectivity index (χ1v) is 12.4. The smallest absolute Gasteiger partial charge is 0.339 e. The van der Waals surface area contributed by atoms with Gasteiger partial charge in [-0.3, -0.25) is 4.79 Å². The summed E-state index contributed by atoms with van der Waals surface area (Å²) < 4.78 is 7.88. The number of hydrogen-bond acceptors (Lipinski definition) is 4. The molecule has 1 heterocycles. The zero-order valence-corrected chi connectivity index (χ0v) is 22.6. The molecule has 3 rings (SSSR count). The zero-order valence-electron chi connectivity index (χ0n) is 14.6. The van der Waals surface area contributed by atoms with Crippen LogP contribution in [-0.2, 0) is 0 Å². The van der Waals surface area contributed by atoms with E-state index >= 15 is 0 Å². The van der Waals surface area contributed by atoms with Crippen molar-refractivity contribution in [1.82, 2.24) is 0 Å². The fraction of sp³-hybridized carbons (Fsp3) is 0.0526. The summed E-state index contributed by atoms with van der Waals surface area (Å²) >= 11 is 13.5. The van der Waals surface area contributed by atoms with Gasteiger partial charge in [0.2, 0.25) is 0 Å². The molecular formula is C19H11ClI3NO4S. The van der Waals surface area contributed by atoms with Gasteiger partial charge in [-0.2, -0.15) is 0 Å². The van der Waals surface area contributed by atoms with Gasteiger partial charge in [-0.05, 0) is 91.5 Å². The molecule has 1 aromatic heterocycles. The number of rotatable bonds is 5. The summed E-state index contributed by atoms with van der Waals surface area (Å²) in [5.41, 5.74) is 1.44. The van der Waals surface area contributed by atoms with Crippen LogP contribution in [0.4, 0.5) is 5.69 Å². The molecule has 0 spiro atoms. The minimum Gasteiger partial charge on any atom is -0.494 e. The number of hydrogen-bond donors (Lipinski definition) is 2. The van der Waals surface area contributed by atoms with Gasteiger partial charge in [0.1, 0.15) is 11.3 Å². The summed E-state index contributed by atoms with van der Waals surface area (Å²) in [5, 5.41) is 14.7. The molecule has 2 aromatic carbocycles. The normalized spacial score (nSPS) is 10.7. The molecular weight excluding hydrogens is 754 g/mol. The van der Waals surface area contributed by atoms with Crippen LogP contribution >= 0.6 is 90.7 Å². The van der Waals surface area contributed by atoms with E-state index in [0.717, 1.165) is 12.7 Å². The fourth-order valence-corrected chi connectivity index (χ4v) is 6.32. The Labute approximate surface area is 216 Å². The van der Waals surface area contributed by atoms with Crippen LogP contribution in [0, 0.1) is 10.7 Å². The Hall–Kier alpha value is -0.640. The maximum absolute atomic E-state index is 12.9. The maximum atomic E-state index is 12.9. The maximum Gasteiger partial charge on any atom is 0.339 e. The Balaban J connectivity index is 2.01. The van der Waals surface area contributed by atoms with Gasteiger partial charge in [-0.25, -0.2) is 4.79 Å². The Morgan fingerprint density at radius 3 is 2.38 bits per heavy atom. The number of methoxy groups -OCH3 is 1. The number of carboxylic acid groups (broad SMARTS) is 1. The number of benzene rings is 2. The van der Waals surface area contributed by atoms with Crippen molar-refractivity contribution in [2.45, 2.75) is 0 Å². The van der Waals surface area contributed by atoms with Gasteiger partial charge in [0, 0.05) is 14.0 Å². The molecule has 0 aliphatic carbocycles. The molecule has 2 N–H and O–H groups in total. The molecule has 0 saturated heterocycles. The van der Waals surface area contributed by atoms with Crippen LogP contribution in [0.3, 0.4) is 0 Å². The average molecular weight is 766 g/mol. The van der Waals surface area contributed by atoms with E-state index in [2.05, 4.69) is 73.1 Å². The minimum absolute atomic E-state index is 0.0489. The molecule has 0 aliphatic rings. The summed E-state index contributed by atoms with van der Waals surface area (Å²) in [6.45, 7) is 0. The second kappa shape index (κ2) is 9.66. The molecule has 0 atom stereocenters. The molecule has 0 unspecified atom stereocenters. The van der Waals surface area contributed by atoms with Crippen molar-refractivity contribution in [3.05, 3.63) is 62.6 Å². The molecule has 0 radical (unpaired) electrons. The number of anilines is 1. The topological polar surface area (TPSA) is 75.6 Å². The summed E-state index contributed by atoms with van der Waals surface area (Å²) in [5.74, 6) is -0.894. The van der Waals surface area contributed by atoms with Crippen molar-refractivity contribution in [2.75, 3.05) is 12.4 Å². The lowest BCUT2D eigenvalue weighted by Gasteiger charge is -2.13. The minimum atomic E-state index is -1.11. The quantitative estimate of drug-likeness (QED) is 0.221. The number of aromatic carboxylic acids is 1. The van der Waals surface area contributed by atoms with E-state index in [9.17, 15) is 14.7 Å². The monoisotopic (exact) mass is 765 g/mol. The lowest BCUT2D eigenvalue weighted by atomic mass is 10.1. The predicted molar refractivity (Wildman–Crippen MR) is 141 cm³/mol. The van der Waals surface area contributed by atoms with Crippen LogP contribution in [0.2, 0.25) is 5.02 Å². The number of carbonyl (C=O) groups excluding carboxylic acids is 1. The molecule has 3 aromatic rings. The number of amides is 1. The lowest BCUT2D eigenvalue weighted by molar-refractivity contribution is 0.0699. The van der Waals surface area contributed by atoms with Crippen molar-refractivity contribution < 1.29 is 19.4 Å². The summed E-state index contributed by atoms with van der Waals surface area (Å²) in [6.07, 6.45) is 0. The molecule has 29 heavy (non-hydrogen) atoms. The number of carbonyl (C=O) groups is 2. The van der Waals surface area contributed by atoms with E-state index in [4.69, 9.17) is 16.3 Å². The zero-order chi connectivity index (χ0) is 21.3. The van der Waals surface area contributed by atoms with Crippen LogP contribution < -0.4 is 10.1 Å². The molecule has 0 bridgehead atoms. The Bertz CT molecular complexity index is 1120. The number of carboxylic acids is 1. The number of halogens is 4. The highest BCUT2D eigenvalue weighted by Gasteiger charge is 2.24. The molecule has 150 valence electrons. The Morgan fingerprint density at radius 2 is 1.79 bits per heavy atom. The van der Waals surface area contributed by atoms with Gasteiger partial charge >= 0.3 is 5.97 Å². The Kier molecular flexibility index (Phi) is 7.67. The molecule has 0 aliphatic heterocycles. The lowest BCUT2D eigenvalue weighted by Crippen LogP contribution is -2.16.